The maximum Gasteiger partial charge on any atom is 0.365 e. The van der Waals surface area contributed by atoms with Crippen molar-refractivity contribution in [2.75, 3.05) is 0 Å². The van der Waals surface area contributed by atoms with Gasteiger partial charge >= 0.3 is 6.26 Å². The van der Waals surface area contributed by atoms with Crippen molar-refractivity contribution < 1.29 is 0 Å². The molecule has 0 spiro atoms. The first-order valence-corrected chi connectivity index (χ1v) is 7.18. The number of aryl methyl sites for hydroxylation is 3. The Kier molecular flexibility index (Phi) is 5.30. The van der Waals surface area contributed by atoms with Crippen molar-refractivity contribution in [3.05, 3.63) is 28.8 Å². The summed E-state index contributed by atoms with van der Waals surface area (Å²) in [6.07, 6.45) is -0.0504. The zero-order valence-electron chi connectivity index (χ0n) is 12.7. The first-order valence-electron chi connectivity index (χ1n) is 6.75. The maximum absolute atomic E-state index is 6.75. The molecular formula is C15H25BClN. The average Bonchev–Trinajstić information content (AvgIpc) is 2.13. The molecule has 0 radical (unpaired) electrons. The van der Waals surface area contributed by atoms with Crippen LogP contribution in [0.25, 0.3) is 0 Å². The van der Waals surface area contributed by atoms with Crippen LogP contribution in [0.5, 0.6) is 0 Å². The highest BCUT2D eigenvalue weighted by molar-refractivity contribution is 7.13. The molecule has 3 heteroatoms. The summed E-state index contributed by atoms with van der Waals surface area (Å²) in [6.45, 7) is 15.3. The Hall–Kier alpha value is -0.465. The van der Waals surface area contributed by atoms with Crippen LogP contribution < -0.4 is 5.46 Å². The van der Waals surface area contributed by atoms with E-state index >= 15 is 0 Å². The monoisotopic (exact) mass is 265 g/mol. The highest BCUT2D eigenvalue weighted by atomic mass is 35.5. The van der Waals surface area contributed by atoms with Gasteiger partial charge in [0, 0.05) is 0 Å². The van der Waals surface area contributed by atoms with E-state index in [-0.39, 0.29) is 6.26 Å². The molecule has 1 rings (SSSR count). The van der Waals surface area contributed by atoms with Crippen LogP contribution >= 0.6 is 11.5 Å². The third-order valence-electron chi connectivity index (χ3n) is 3.43. The molecule has 0 fully saturated rings. The van der Waals surface area contributed by atoms with E-state index in [9.17, 15) is 0 Å². The highest BCUT2D eigenvalue weighted by Crippen LogP contribution is 2.15. The van der Waals surface area contributed by atoms with Gasteiger partial charge < -0.3 is 4.81 Å². The van der Waals surface area contributed by atoms with Crippen molar-refractivity contribution in [1.29, 1.82) is 0 Å². The van der Waals surface area contributed by atoms with Gasteiger partial charge in [0.2, 0.25) is 0 Å². The third kappa shape index (κ3) is 3.30. The molecule has 0 saturated carbocycles. The van der Waals surface area contributed by atoms with Crippen LogP contribution in [0.15, 0.2) is 12.1 Å². The topological polar surface area (TPSA) is 3.24 Å². The molecule has 0 aliphatic heterocycles. The smallest absolute Gasteiger partial charge is 0.320 e. The molecule has 100 valence electrons. The second kappa shape index (κ2) is 6.12. The van der Waals surface area contributed by atoms with E-state index in [1.807, 2.05) is 0 Å². The molecule has 1 aromatic carbocycles. The van der Waals surface area contributed by atoms with Crippen molar-refractivity contribution in [3.8, 4) is 0 Å². The van der Waals surface area contributed by atoms with E-state index in [1.165, 1.54) is 22.2 Å². The lowest BCUT2D eigenvalue weighted by molar-refractivity contribution is 0.312. The number of rotatable bonds is 4. The minimum absolute atomic E-state index is 0.0504. The molecule has 0 amide bonds. The minimum atomic E-state index is -0.0504. The van der Waals surface area contributed by atoms with Crippen LogP contribution in [0, 0.1) is 20.8 Å². The van der Waals surface area contributed by atoms with Gasteiger partial charge in [-0.2, -0.15) is 11.5 Å². The Balaban J connectivity index is 3.21. The van der Waals surface area contributed by atoms with Gasteiger partial charge in [-0.1, -0.05) is 56.5 Å². The first kappa shape index (κ1) is 15.6. The van der Waals surface area contributed by atoms with E-state index < -0.39 is 0 Å². The predicted molar refractivity (Wildman–Crippen MR) is 84.0 cm³/mol. The van der Waals surface area contributed by atoms with Gasteiger partial charge in [0.15, 0.2) is 0 Å². The summed E-state index contributed by atoms with van der Waals surface area (Å²) in [5, 5.41) is 0. The Morgan fingerprint density at radius 3 is 1.67 bits per heavy atom. The standard InChI is InChI=1S/C15H25BClN/c1-10(2)18(11(3)4)16(17)15-13(6)8-12(5)9-14(15)7/h8-11H,1-7H3. The van der Waals surface area contributed by atoms with Crippen molar-refractivity contribution in [1.82, 2.24) is 4.81 Å². The molecule has 1 aromatic rings. The molecule has 1 nitrogen and oxygen atoms in total. The van der Waals surface area contributed by atoms with Gasteiger partial charge in [0.25, 0.3) is 0 Å². The summed E-state index contributed by atoms with van der Waals surface area (Å²) in [5.41, 5.74) is 5.15. The Morgan fingerprint density at radius 2 is 1.33 bits per heavy atom. The summed E-state index contributed by atoms with van der Waals surface area (Å²) in [5.74, 6) is 0. The first-order chi connectivity index (χ1) is 8.25. The van der Waals surface area contributed by atoms with E-state index in [0.29, 0.717) is 12.1 Å². The molecule has 0 saturated heterocycles. The van der Waals surface area contributed by atoms with E-state index in [2.05, 4.69) is 65.4 Å². The molecule has 0 bridgehead atoms. The SMILES string of the molecule is Cc1cc(C)c(B(Cl)N(C(C)C)C(C)C)c(C)c1. The molecule has 0 N–H and O–H groups in total. The van der Waals surface area contributed by atoms with Gasteiger partial charge in [-0.15, -0.1) is 0 Å². The highest BCUT2D eigenvalue weighted by Gasteiger charge is 2.30. The number of hydrogen-bond acceptors (Lipinski definition) is 1. The number of benzene rings is 1. The van der Waals surface area contributed by atoms with Crippen molar-refractivity contribution >= 4 is 23.2 Å². The fourth-order valence-corrected chi connectivity index (χ4v) is 3.63. The summed E-state index contributed by atoms with van der Waals surface area (Å²) < 4.78 is 0. The van der Waals surface area contributed by atoms with Crippen LogP contribution in [0.2, 0.25) is 0 Å². The number of hydrogen-bond donors (Lipinski definition) is 0. The lowest BCUT2D eigenvalue weighted by atomic mass is 9.71. The Labute approximate surface area is 118 Å². The fraction of sp³-hybridized carbons (Fsp3) is 0.600. The zero-order chi connectivity index (χ0) is 14.0. The molecule has 0 aromatic heterocycles. The second-order valence-corrected chi connectivity index (χ2v) is 6.20. The zero-order valence-corrected chi connectivity index (χ0v) is 13.5. The van der Waals surface area contributed by atoms with Gasteiger partial charge in [0.05, 0.1) is 0 Å². The van der Waals surface area contributed by atoms with Crippen molar-refractivity contribution in [3.63, 3.8) is 0 Å². The lowest BCUT2D eigenvalue weighted by Gasteiger charge is -2.34. The van der Waals surface area contributed by atoms with Crippen LogP contribution in [-0.2, 0) is 0 Å². The molecule has 0 unspecified atom stereocenters. The van der Waals surface area contributed by atoms with Gasteiger partial charge in [-0.3, -0.25) is 0 Å². The normalized spacial score (nSPS) is 11.7. The quantitative estimate of drug-likeness (QED) is 0.751. The number of nitrogens with zero attached hydrogens (tertiary/aromatic N) is 1. The van der Waals surface area contributed by atoms with Crippen LogP contribution in [0.1, 0.15) is 44.4 Å². The molecular weight excluding hydrogens is 240 g/mol. The summed E-state index contributed by atoms with van der Waals surface area (Å²) in [6, 6.07) is 5.31. The summed E-state index contributed by atoms with van der Waals surface area (Å²) >= 11 is 6.75. The van der Waals surface area contributed by atoms with Gasteiger partial charge in [0.1, 0.15) is 0 Å². The molecule has 0 aliphatic rings. The summed E-state index contributed by atoms with van der Waals surface area (Å²) in [4.78, 5) is 2.35. The largest absolute Gasteiger partial charge is 0.365 e. The maximum atomic E-state index is 6.75. The molecule has 18 heavy (non-hydrogen) atoms. The second-order valence-electron chi connectivity index (χ2n) is 5.78. The molecule has 0 aliphatic carbocycles. The Morgan fingerprint density at radius 1 is 0.944 bits per heavy atom. The van der Waals surface area contributed by atoms with Gasteiger partial charge in [-0.05, 0) is 38.3 Å². The fourth-order valence-electron chi connectivity index (χ4n) is 2.84. The van der Waals surface area contributed by atoms with E-state index in [0.717, 1.165) is 0 Å². The number of halogens is 1. The van der Waals surface area contributed by atoms with Crippen LogP contribution in [-0.4, -0.2) is 23.2 Å². The van der Waals surface area contributed by atoms with Crippen molar-refractivity contribution in [2.24, 2.45) is 0 Å². The minimum Gasteiger partial charge on any atom is -0.320 e. The van der Waals surface area contributed by atoms with Crippen LogP contribution in [0.4, 0.5) is 0 Å². The lowest BCUT2D eigenvalue weighted by Crippen LogP contribution is -2.53. The van der Waals surface area contributed by atoms with E-state index in [4.69, 9.17) is 11.5 Å². The third-order valence-corrected chi connectivity index (χ3v) is 3.87. The molecule has 0 heterocycles. The molecule has 0 atom stereocenters. The van der Waals surface area contributed by atoms with E-state index in [1.54, 1.807) is 0 Å². The van der Waals surface area contributed by atoms with Gasteiger partial charge in [-0.25, -0.2) is 0 Å². The van der Waals surface area contributed by atoms with Crippen LogP contribution in [0.3, 0.4) is 0 Å². The summed E-state index contributed by atoms with van der Waals surface area (Å²) in [7, 11) is 0. The average molecular weight is 266 g/mol. The van der Waals surface area contributed by atoms with Crippen molar-refractivity contribution in [2.45, 2.75) is 60.5 Å². The Bertz CT molecular complexity index is 384. The predicted octanol–water partition coefficient (Wildman–Crippen LogP) is 3.66.